The van der Waals surface area contributed by atoms with Crippen molar-refractivity contribution in [1.82, 2.24) is 9.13 Å². The number of para-hydroxylation sites is 1. The van der Waals surface area contributed by atoms with Gasteiger partial charge in [0.2, 0.25) is 0 Å². The van der Waals surface area contributed by atoms with Crippen LogP contribution in [0.5, 0.6) is 0 Å². The van der Waals surface area contributed by atoms with E-state index in [1.807, 2.05) is 48.0 Å². The number of thiophene rings is 1. The lowest BCUT2D eigenvalue weighted by atomic mass is 10.0. The molecule has 3 aromatic heterocycles. The Bertz CT molecular complexity index is 1620. The lowest BCUT2D eigenvalue weighted by Gasteiger charge is -2.23. The fraction of sp³-hybridized carbons (Fsp3) is 0.192. The highest BCUT2D eigenvalue weighted by Crippen LogP contribution is 2.33. The first-order valence-electron chi connectivity index (χ1n) is 10.9. The van der Waals surface area contributed by atoms with Crippen molar-refractivity contribution in [2.24, 2.45) is 4.99 Å². The van der Waals surface area contributed by atoms with Crippen molar-refractivity contribution < 1.29 is 9.53 Å². The molecule has 0 saturated heterocycles. The zero-order valence-electron chi connectivity index (χ0n) is 18.9. The van der Waals surface area contributed by atoms with Crippen LogP contribution in [-0.4, -0.2) is 21.7 Å². The van der Waals surface area contributed by atoms with Gasteiger partial charge in [-0.05, 0) is 37.4 Å². The lowest BCUT2D eigenvalue weighted by Crippen LogP contribution is -2.39. The van der Waals surface area contributed by atoms with Crippen molar-refractivity contribution in [3.63, 3.8) is 0 Å². The molecule has 0 amide bonds. The molecule has 1 aliphatic rings. The molecule has 5 rings (SSSR count). The zero-order chi connectivity index (χ0) is 23.8. The Labute approximate surface area is 204 Å². The number of carbonyl (C=O) groups is 1. The second-order valence-electron chi connectivity index (χ2n) is 7.86. The number of esters is 1. The fourth-order valence-electron chi connectivity index (χ4n) is 4.33. The SMILES string of the molecule is C=CCn1cc(C=c2sc3n(c2=O)C(c2cccs2)C(C(=O)OCC)=C(C)N=3)c2ccccc21. The molecule has 1 atom stereocenters. The van der Waals surface area contributed by atoms with Gasteiger partial charge in [0.05, 0.1) is 22.4 Å². The van der Waals surface area contributed by atoms with E-state index in [4.69, 9.17) is 4.74 Å². The van der Waals surface area contributed by atoms with E-state index in [2.05, 4.69) is 28.3 Å². The molecule has 172 valence electrons. The number of allylic oxidation sites excluding steroid dienone is 2. The summed E-state index contributed by atoms with van der Waals surface area (Å²) in [5, 5.41) is 3.01. The summed E-state index contributed by atoms with van der Waals surface area (Å²) in [7, 11) is 0. The Morgan fingerprint density at radius 2 is 2.09 bits per heavy atom. The topological polar surface area (TPSA) is 65.6 Å². The number of aromatic nitrogens is 2. The highest BCUT2D eigenvalue weighted by Gasteiger charge is 2.33. The minimum atomic E-state index is -0.556. The lowest BCUT2D eigenvalue weighted by molar-refractivity contribution is -0.139. The average molecular weight is 490 g/mol. The second kappa shape index (κ2) is 9.04. The maximum atomic E-state index is 13.7. The van der Waals surface area contributed by atoms with E-state index in [1.165, 1.54) is 22.7 Å². The zero-order valence-corrected chi connectivity index (χ0v) is 20.5. The van der Waals surface area contributed by atoms with E-state index in [0.717, 1.165) is 21.3 Å². The third-order valence-electron chi connectivity index (χ3n) is 5.76. The Kier molecular flexibility index (Phi) is 5.93. The summed E-state index contributed by atoms with van der Waals surface area (Å²) in [5.74, 6) is -0.441. The van der Waals surface area contributed by atoms with Gasteiger partial charge in [0.15, 0.2) is 4.80 Å². The van der Waals surface area contributed by atoms with Crippen LogP contribution in [0.15, 0.2) is 81.7 Å². The van der Waals surface area contributed by atoms with E-state index in [-0.39, 0.29) is 12.2 Å². The predicted molar refractivity (Wildman–Crippen MR) is 137 cm³/mol. The molecule has 4 heterocycles. The van der Waals surface area contributed by atoms with Gasteiger partial charge < -0.3 is 9.30 Å². The molecular weight excluding hydrogens is 466 g/mol. The summed E-state index contributed by atoms with van der Waals surface area (Å²) in [6.45, 7) is 8.35. The minimum absolute atomic E-state index is 0.169. The van der Waals surface area contributed by atoms with Crippen LogP contribution in [0.4, 0.5) is 0 Å². The number of benzene rings is 1. The molecule has 1 aliphatic heterocycles. The Balaban J connectivity index is 1.73. The summed E-state index contributed by atoms with van der Waals surface area (Å²) >= 11 is 2.84. The molecule has 34 heavy (non-hydrogen) atoms. The monoisotopic (exact) mass is 489 g/mol. The van der Waals surface area contributed by atoms with E-state index >= 15 is 0 Å². The molecule has 0 radical (unpaired) electrons. The van der Waals surface area contributed by atoms with E-state index < -0.39 is 12.0 Å². The summed E-state index contributed by atoms with van der Waals surface area (Å²) in [4.78, 5) is 32.7. The summed E-state index contributed by atoms with van der Waals surface area (Å²) in [5.41, 5.74) is 2.85. The van der Waals surface area contributed by atoms with Crippen LogP contribution in [0.2, 0.25) is 0 Å². The minimum Gasteiger partial charge on any atom is -0.463 e. The van der Waals surface area contributed by atoms with Crippen molar-refractivity contribution in [3.8, 4) is 0 Å². The number of rotatable bonds is 6. The molecule has 0 saturated carbocycles. The molecule has 0 aliphatic carbocycles. The summed E-state index contributed by atoms with van der Waals surface area (Å²) < 4.78 is 9.64. The third kappa shape index (κ3) is 3.69. The number of carbonyl (C=O) groups excluding carboxylic acids is 1. The Morgan fingerprint density at radius 1 is 1.26 bits per heavy atom. The largest absolute Gasteiger partial charge is 0.463 e. The van der Waals surface area contributed by atoms with Crippen molar-refractivity contribution in [3.05, 3.63) is 102 Å². The first-order chi connectivity index (χ1) is 16.5. The van der Waals surface area contributed by atoms with Gasteiger partial charge in [0.1, 0.15) is 6.04 Å². The standard InChI is InChI=1S/C26H23N3O3S2/c1-4-12-28-15-17(18-9-6-7-10-19(18)28)14-21-24(30)29-23(20-11-8-13-33-20)22(25(31)32-5-2)16(3)27-26(29)34-21/h4,6-11,13-15,23H,1,5,12H2,2-3H3. The van der Waals surface area contributed by atoms with Crippen molar-refractivity contribution in [1.29, 1.82) is 0 Å². The molecule has 6 nitrogen and oxygen atoms in total. The van der Waals surface area contributed by atoms with Crippen molar-refractivity contribution in [2.75, 3.05) is 6.61 Å². The van der Waals surface area contributed by atoms with Crippen LogP contribution >= 0.6 is 22.7 Å². The fourth-order valence-corrected chi connectivity index (χ4v) is 6.19. The van der Waals surface area contributed by atoms with Gasteiger partial charge in [-0.2, -0.15) is 0 Å². The summed E-state index contributed by atoms with van der Waals surface area (Å²) in [6, 6.07) is 11.4. The van der Waals surface area contributed by atoms with Crippen LogP contribution in [0.3, 0.4) is 0 Å². The highest BCUT2D eigenvalue weighted by atomic mass is 32.1. The first kappa shape index (κ1) is 22.3. The maximum absolute atomic E-state index is 13.7. The van der Waals surface area contributed by atoms with Crippen LogP contribution in [0.25, 0.3) is 17.0 Å². The Morgan fingerprint density at radius 3 is 2.82 bits per heavy atom. The third-order valence-corrected chi connectivity index (χ3v) is 7.67. The molecule has 0 fully saturated rings. The van der Waals surface area contributed by atoms with Gasteiger partial charge in [-0.3, -0.25) is 9.36 Å². The van der Waals surface area contributed by atoms with E-state index in [0.29, 0.717) is 27.1 Å². The number of hydrogen-bond acceptors (Lipinski definition) is 6. The van der Waals surface area contributed by atoms with Gasteiger partial charge in [0, 0.05) is 34.1 Å². The van der Waals surface area contributed by atoms with Gasteiger partial charge in [-0.1, -0.05) is 41.7 Å². The van der Waals surface area contributed by atoms with Crippen LogP contribution < -0.4 is 14.9 Å². The van der Waals surface area contributed by atoms with E-state index in [9.17, 15) is 9.59 Å². The molecule has 1 unspecified atom stereocenters. The van der Waals surface area contributed by atoms with Gasteiger partial charge in [-0.25, -0.2) is 9.79 Å². The molecular formula is C26H23N3O3S2. The predicted octanol–water partition coefficient (Wildman–Crippen LogP) is 4.00. The molecule has 1 aromatic carbocycles. The first-order valence-corrected chi connectivity index (χ1v) is 12.6. The molecule has 0 spiro atoms. The highest BCUT2D eigenvalue weighted by molar-refractivity contribution is 7.10. The van der Waals surface area contributed by atoms with Crippen molar-refractivity contribution >= 4 is 45.6 Å². The van der Waals surface area contributed by atoms with Crippen LogP contribution in [0.1, 0.15) is 30.3 Å². The van der Waals surface area contributed by atoms with Crippen molar-refractivity contribution in [2.45, 2.75) is 26.4 Å². The van der Waals surface area contributed by atoms with Gasteiger partial charge >= 0.3 is 5.97 Å². The molecule has 4 aromatic rings. The molecule has 8 heteroatoms. The van der Waals surface area contributed by atoms with E-state index in [1.54, 1.807) is 18.4 Å². The summed E-state index contributed by atoms with van der Waals surface area (Å²) in [6.07, 6.45) is 5.81. The second-order valence-corrected chi connectivity index (χ2v) is 9.85. The average Bonchev–Trinajstić information content (AvgIpc) is 3.54. The molecule has 0 N–H and O–H groups in total. The number of fused-ring (bicyclic) bond motifs is 2. The number of hydrogen-bond donors (Lipinski definition) is 0. The number of thiazole rings is 1. The maximum Gasteiger partial charge on any atom is 0.338 e. The van der Waals surface area contributed by atoms with Crippen LogP contribution in [-0.2, 0) is 16.1 Å². The number of ether oxygens (including phenoxy) is 1. The smallest absolute Gasteiger partial charge is 0.338 e. The molecule has 0 bridgehead atoms. The van der Waals surface area contributed by atoms with Gasteiger partial charge in [-0.15, -0.1) is 17.9 Å². The normalized spacial score (nSPS) is 15.9. The van der Waals surface area contributed by atoms with Gasteiger partial charge in [0.25, 0.3) is 5.56 Å². The van der Waals surface area contributed by atoms with Crippen LogP contribution in [0, 0.1) is 0 Å². The quantitative estimate of drug-likeness (QED) is 0.304. The number of nitrogens with zero attached hydrogens (tertiary/aromatic N) is 3. The Hall–Kier alpha value is -3.49.